The van der Waals surface area contributed by atoms with Crippen LogP contribution in [-0.2, 0) is 11.3 Å². The molecule has 1 aromatic rings. The van der Waals surface area contributed by atoms with Crippen molar-refractivity contribution in [3.63, 3.8) is 0 Å². The first-order chi connectivity index (χ1) is 7.81. The molecule has 0 aliphatic carbocycles. The van der Waals surface area contributed by atoms with E-state index in [0.29, 0.717) is 26.1 Å². The minimum Gasteiger partial charge on any atom is -0.354 e. The smallest absolute Gasteiger partial charge is 0.221 e. The second kappa shape index (κ2) is 4.89. The summed E-state index contributed by atoms with van der Waals surface area (Å²) in [6.07, 6.45) is 2.12. The zero-order valence-corrected chi connectivity index (χ0v) is 9.02. The number of aromatic nitrogens is 2. The quantitative estimate of drug-likeness (QED) is 0.687. The van der Waals surface area contributed by atoms with E-state index in [1.54, 1.807) is 6.20 Å². The maximum absolute atomic E-state index is 11.2. The summed E-state index contributed by atoms with van der Waals surface area (Å²) in [5.41, 5.74) is 6.61. The van der Waals surface area contributed by atoms with Crippen LogP contribution in [0, 0.1) is 0 Å². The van der Waals surface area contributed by atoms with Crippen molar-refractivity contribution in [2.75, 3.05) is 24.5 Å². The summed E-state index contributed by atoms with van der Waals surface area (Å²) < 4.78 is 0. The van der Waals surface area contributed by atoms with Crippen molar-refractivity contribution in [1.29, 1.82) is 0 Å². The molecule has 16 heavy (non-hydrogen) atoms. The molecule has 0 unspecified atom stereocenters. The van der Waals surface area contributed by atoms with Gasteiger partial charge in [-0.25, -0.2) is 0 Å². The van der Waals surface area contributed by atoms with Crippen molar-refractivity contribution in [2.45, 2.75) is 13.0 Å². The van der Waals surface area contributed by atoms with Gasteiger partial charge in [-0.1, -0.05) is 0 Å². The first-order valence-electron chi connectivity index (χ1n) is 5.33. The van der Waals surface area contributed by atoms with E-state index >= 15 is 0 Å². The molecule has 0 aromatic carbocycles. The topological polar surface area (TPSA) is 84.1 Å². The lowest BCUT2D eigenvalue weighted by molar-refractivity contribution is -0.120. The number of nitrogens with one attached hydrogen (secondary N) is 1. The molecule has 2 heterocycles. The number of anilines is 1. The molecule has 2 rings (SSSR count). The van der Waals surface area contributed by atoms with Crippen LogP contribution in [0.25, 0.3) is 0 Å². The van der Waals surface area contributed by atoms with Gasteiger partial charge in [0.15, 0.2) is 5.82 Å². The van der Waals surface area contributed by atoms with E-state index in [9.17, 15) is 4.79 Å². The lowest BCUT2D eigenvalue weighted by atomic mass is 10.2. The largest absolute Gasteiger partial charge is 0.354 e. The molecule has 1 fully saturated rings. The van der Waals surface area contributed by atoms with Crippen molar-refractivity contribution < 1.29 is 4.79 Å². The summed E-state index contributed by atoms with van der Waals surface area (Å²) in [4.78, 5) is 13.3. The van der Waals surface area contributed by atoms with Gasteiger partial charge in [0.1, 0.15) is 0 Å². The minimum atomic E-state index is 0.0840. The lowest BCUT2D eigenvalue weighted by Crippen LogP contribution is -2.30. The van der Waals surface area contributed by atoms with Crippen LogP contribution in [-0.4, -0.2) is 35.7 Å². The van der Waals surface area contributed by atoms with Crippen molar-refractivity contribution in [2.24, 2.45) is 5.73 Å². The van der Waals surface area contributed by atoms with Gasteiger partial charge in [-0.3, -0.25) is 4.79 Å². The van der Waals surface area contributed by atoms with Gasteiger partial charge in [0.25, 0.3) is 0 Å². The summed E-state index contributed by atoms with van der Waals surface area (Å²) in [6, 6.07) is 1.86. The monoisotopic (exact) mass is 221 g/mol. The van der Waals surface area contributed by atoms with Crippen LogP contribution >= 0.6 is 0 Å². The lowest BCUT2D eigenvalue weighted by Gasteiger charge is -2.21. The molecule has 1 aromatic heterocycles. The average molecular weight is 221 g/mol. The number of amides is 1. The van der Waals surface area contributed by atoms with Crippen molar-refractivity contribution in [1.82, 2.24) is 15.5 Å². The Kier molecular flexibility index (Phi) is 3.31. The van der Waals surface area contributed by atoms with Crippen molar-refractivity contribution >= 4 is 11.7 Å². The third kappa shape index (κ3) is 2.27. The van der Waals surface area contributed by atoms with E-state index in [0.717, 1.165) is 17.9 Å². The zero-order chi connectivity index (χ0) is 11.4. The highest BCUT2D eigenvalue weighted by Gasteiger charge is 2.17. The van der Waals surface area contributed by atoms with Crippen molar-refractivity contribution in [3.8, 4) is 0 Å². The molecular formula is C10H15N5O. The Morgan fingerprint density at radius 3 is 3.19 bits per heavy atom. The van der Waals surface area contributed by atoms with Crippen LogP contribution in [0.3, 0.4) is 0 Å². The van der Waals surface area contributed by atoms with Crippen LogP contribution < -0.4 is 16.0 Å². The van der Waals surface area contributed by atoms with E-state index in [4.69, 9.17) is 5.73 Å². The maximum Gasteiger partial charge on any atom is 0.221 e. The Balaban J connectivity index is 2.19. The fraction of sp³-hybridized carbons (Fsp3) is 0.500. The minimum absolute atomic E-state index is 0.0840. The van der Waals surface area contributed by atoms with Crippen LogP contribution in [0.4, 0.5) is 5.82 Å². The number of hydrogen-bond donors (Lipinski definition) is 2. The highest BCUT2D eigenvalue weighted by molar-refractivity contribution is 5.77. The summed E-state index contributed by atoms with van der Waals surface area (Å²) in [5.74, 6) is 0.877. The number of nitrogens with two attached hydrogens (primary N) is 1. The Hall–Kier alpha value is -1.69. The Labute approximate surface area is 93.8 Å². The standard InChI is InChI=1S/C10H15N5O/c11-7-8-1-3-13-14-10(8)15-5-2-9(16)12-4-6-15/h1,3H,2,4-7,11H2,(H,12,16). The Morgan fingerprint density at radius 1 is 1.50 bits per heavy atom. The molecule has 3 N–H and O–H groups in total. The van der Waals surface area contributed by atoms with Gasteiger partial charge in [-0.05, 0) is 6.07 Å². The highest BCUT2D eigenvalue weighted by Crippen LogP contribution is 2.16. The number of hydrogen-bond acceptors (Lipinski definition) is 5. The summed E-state index contributed by atoms with van der Waals surface area (Å²) in [5, 5.41) is 10.8. The van der Waals surface area contributed by atoms with E-state index in [1.165, 1.54) is 0 Å². The van der Waals surface area contributed by atoms with E-state index < -0.39 is 0 Å². The predicted molar refractivity (Wildman–Crippen MR) is 59.8 cm³/mol. The Morgan fingerprint density at radius 2 is 2.38 bits per heavy atom. The molecule has 6 nitrogen and oxygen atoms in total. The van der Waals surface area contributed by atoms with Gasteiger partial charge in [0.05, 0.1) is 6.20 Å². The zero-order valence-electron chi connectivity index (χ0n) is 9.02. The van der Waals surface area contributed by atoms with Crippen molar-refractivity contribution in [3.05, 3.63) is 17.8 Å². The van der Waals surface area contributed by atoms with Gasteiger partial charge in [-0.15, -0.1) is 5.10 Å². The molecule has 86 valence electrons. The maximum atomic E-state index is 11.2. The summed E-state index contributed by atoms with van der Waals surface area (Å²) in [7, 11) is 0. The Bertz CT molecular complexity index is 381. The first kappa shape index (κ1) is 10.8. The predicted octanol–water partition coefficient (Wildman–Crippen LogP) is -0.738. The molecular weight excluding hydrogens is 206 g/mol. The second-order valence-electron chi connectivity index (χ2n) is 3.67. The average Bonchev–Trinajstić information content (AvgIpc) is 2.54. The van der Waals surface area contributed by atoms with Gasteiger partial charge >= 0.3 is 0 Å². The highest BCUT2D eigenvalue weighted by atomic mass is 16.1. The van der Waals surface area contributed by atoms with Crippen LogP contribution in [0.5, 0.6) is 0 Å². The van der Waals surface area contributed by atoms with Gasteiger partial charge < -0.3 is 16.0 Å². The van der Waals surface area contributed by atoms with Crippen LogP contribution in [0.2, 0.25) is 0 Å². The van der Waals surface area contributed by atoms with Crippen LogP contribution in [0.15, 0.2) is 12.3 Å². The number of carbonyl (C=O) groups is 1. The van der Waals surface area contributed by atoms with E-state index in [-0.39, 0.29) is 5.91 Å². The van der Waals surface area contributed by atoms with E-state index in [2.05, 4.69) is 15.5 Å². The molecule has 1 aliphatic heterocycles. The third-order valence-corrected chi connectivity index (χ3v) is 2.61. The van der Waals surface area contributed by atoms with Gasteiger partial charge in [-0.2, -0.15) is 5.10 Å². The molecule has 0 saturated carbocycles. The number of rotatable bonds is 2. The summed E-state index contributed by atoms with van der Waals surface area (Å²) >= 11 is 0. The van der Waals surface area contributed by atoms with E-state index in [1.807, 2.05) is 11.0 Å². The molecule has 6 heteroatoms. The molecule has 1 amide bonds. The molecule has 0 radical (unpaired) electrons. The fourth-order valence-corrected chi connectivity index (χ4v) is 1.75. The first-order valence-corrected chi connectivity index (χ1v) is 5.33. The second-order valence-corrected chi connectivity index (χ2v) is 3.67. The molecule has 0 atom stereocenters. The molecule has 0 bridgehead atoms. The van der Waals surface area contributed by atoms with Gasteiger partial charge in [0.2, 0.25) is 5.91 Å². The fourth-order valence-electron chi connectivity index (χ4n) is 1.75. The summed E-state index contributed by atoms with van der Waals surface area (Å²) in [6.45, 7) is 2.48. The van der Waals surface area contributed by atoms with Crippen LogP contribution in [0.1, 0.15) is 12.0 Å². The SMILES string of the molecule is NCc1ccnnc1N1CCNC(=O)CC1. The molecule has 0 spiro atoms. The third-order valence-electron chi connectivity index (χ3n) is 2.61. The van der Waals surface area contributed by atoms with Gasteiger partial charge in [0, 0.05) is 38.2 Å². The number of carbonyl (C=O) groups excluding carboxylic acids is 1. The molecule has 1 aliphatic rings. The normalized spacial score (nSPS) is 16.8. The number of nitrogens with zero attached hydrogens (tertiary/aromatic N) is 3. The molecule has 1 saturated heterocycles.